The number of hydrogen-bond donors (Lipinski definition) is 0. The van der Waals surface area contributed by atoms with Crippen molar-refractivity contribution >= 4 is 5.97 Å². The molecule has 3 aromatic rings. The molecule has 0 fully saturated rings. The largest absolute Gasteiger partial charge is 0.465 e. The van der Waals surface area contributed by atoms with Gasteiger partial charge in [-0.3, -0.25) is 0 Å². The molecule has 3 rings (SSSR count). The molecule has 0 saturated heterocycles. The highest BCUT2D eigenvalue weighted by atomic mass is 19.1. The number of rotatable bonds is 3. The lowest BCUT2D eigenvalue weighted by Crippen LogP contribution is -2.16. The van der Waals surface area contributed by atoms with E-state index in [2.05, 4.69) is 26.8 Å². The molecular weight excluding hydrogens is 341 g/mol. The third kappa shape index (κ3) is 3.52. The average Bonchev–Trinajstić information content (AvgIpc) is 2.97. The van der Waals surface area contributed by atoms with Crippen LogP contribution in [0.5, 0.6) is 0 Å². The van der Waals surface area contributed by atoms with Gasteiger partial charge in [0.15, 0.2) is 0 Å². The fraction of sp³-hybridized carbons (Fsp3) is 0.261. The van der Waals surface area contributed by atoms with Gasteiger partial charge in [0.1, 0.15) is 5.82 Å². The Morgan fingerprint density at radius 2 is 1.74 bits per heavy atom. The number of ether oxygens (including phenoxy) is 1. The molecule has 27 heavy (non-hydrogen) atoms. The Kier molecular flexibility index (Phi) is 4.92. The second-order valence-corrected chi connectivity index (χ2v) is 7.63. The summed E-state index contributed by atoms with van der Waals surface area (Å²) in [5.74, 6) is -0.723. The number of esters is 1. The summed E-state index contributed by atoms with van der Waals surface area (Å²) < 4.78 is 20.9. The van der Waals surface area contributed by atoms with Crippen molar-refractivity contribution in [2.75, 3.05) is 7.11 Å². The highest BCUT2D eigenvalue weighted by Crippen LogP contribution is 2.35. The van der Waals surface area contributed by atoms with Crippen LogP contribution in [-0.4, -0.2) is 17.6 Å². The van der Waals surface area contributed by atoms with Gasteiger partial charge in [-0.05, 0) is 42.2 Å². The van der Waals surface area contributed by atoms with Crippen LogP contribution in [-0.2, 0) is 10.2 Å². The van der Waals surface area contributed by atoms with E-state index in [-0.39, 0.29) is 11.2 Å². The second kappa shape index (κ2) is 7.03. The maximum atomic E-state index is 13.9. The minimum atomic E-state index is -0.405. The Morgan fingerprint density at radius 3 is 2.37 bits per heavy atom. The van der Waals surface area contributed by atoms with Crippen LogP contribution in [0.1, 0.15) is 42.4 Å². The molecule has 0 aliphatic rings. The summed E-state index contributed by atoms with van der Waals surface area (Å²) in [6.45, 7) is 8.32. The van der Waals surface area contributed by atoms with Gasteiger partial charge in [0.05, 0.1) is 18.4 Å². The van der Waals surface area contributed by atoms with Crippen LogP contribution in [0.15, 0.2) is 54.6 Å². The summed E-state index contributed by atoms with van der Waals surface area (Å²) in [4.78, 5) is 12.3. The smallest absolute Gasteiger partial charge is 0.339 e. The first-order valence-corrected chi connectivity index (χ1v) is 8.90. The van der Waals surface area contributed by atoms with Gasteiger partial charge in [-0.25, -0.2) is 9.18 Å². The van der Waals surface area contributed by atoms with E-state index in [1.807, 2.05) is 35.8 Å². The van der Waals surface area contributed by atoms with Crippen LogP contribution in [0.2, 0.25) is 0 Å². The molecule has 0 aliphatic heterocycles. The van der Waals surface area contributed by atoms with Gasteiger partial charge in [0, 0.05) is 16.9 Å². The highest BCUT2D eigenvalue weighted by molar-refractivity contribution is 5.93. The van der Waals surface area contributed by atoms with Crippen LogP contribution in [0, 0.1) is 12.7 Å². The third-order valence-corrected chi connectivity index (χ3v) is 4.73. The van der Waals surface area contributed by atoms with E-state index in [9.17, 15) is 9.18 Å². The zero-order chi connectivity index (χ0) is 19.8. The molecule has 0 spiro atoms. The number of hydrogen-bond acceptors (Lipinski definition) is 2. The Bertz CT molecular complexity index is 996. The lowest BCUT2D eigenvalue weighted by molar-refractivity contribution is 0.0600. The van der Waals surface area contributed by atoms with E-state index in [0.717, 1.165) is 22.6 Å². The standard InChI is InChI=1S/C23H24FNO2/c1-15-18(22(26)27-5)14-21(16-9-8-10-17(24)13-16)25(15)20-12-7-6-11-19(20)23(2,3)4/h6-14H,1-5H3. The first-order chi connectivity index (χ1) is 12.7. The molecule has 1 heterocycles. The van der Waals surface area contributed by atoms with Crippen LogP contribution >= 0.6 is 0 Å². The van der Waals surface area contributed by atoms with E-state index in [1.54, 1.807) is 12.1 Å². The van der Waals surface area contributed by atoms with Crippen LogP contribution < -0.4 is 0 Å². The first kappa shape index (κ1) is 18.9. The Morgan fingerprint density at radius 1 is 1.04 bits per heavy atom. The number of aromatic nitrogens is 1. The molecule has 0 aliphatic carbocycles. The molecule has 0 amide bonds. The predicted octanol–water partition coefficient (Wildman–Crippen LogP) is 5.68. The maximum absolute atomic E-state index is 13.9. The van der Waals surface area contributed by atoms with Crippen molar-refractivity contribution in [1.82, 2.24) is 4.57 Å². The number of methoxy groups -OCH3 is 1. The van der Waals surface area contributed by atoms with Gasteiger partial charge in [0.25, 0.3) is 0 Å². The van der Waals surface area contributed by atoms with Gasteiger partial charge in [-0.15, -0.1) is 0 Å². The van der Waals surface area contributed by atoms with Gasteiger partial charge in [0.2, 0.25) is 0 Å². The van der Waals surface area contributed by atoms with Gasteiger partial charge in [-0.1, -0.05) is 51.1 Å². The molecule has 4 heteroatoms. The highest BCUT2D eigenvalue weighted by Gasteiger charge is 2.24. The van der Waals surface area contributed by atoms with E-state index in [0.29, 0.717) is 11.1 Å². The average molecular weight is 365 g/mol. The lowest BCUT2D eigenvalue weighted by atomic mass is 9.85. The zero-order valence-corrected chi connectivity index (χ0v) is 16.3. The number of benzene rings is 2. The van der Waals surface area contributed by atoms with E-state index in [1.165, 1.54) is 19.2 Å². The van der Waals surface area contributed by atoms with Gasteiger partial charge in [-0.2, -0.15) is 0 Å². The summed E-state index contributed by atoms with van der Waals surface area (Å²) in [7, 11) is 1.37. The van der Waals surface area contributed by atoms with Crippen molar-refractivity contribution in [3.8, 4) is 16.9 Å². The van der Waals surface area contributed by atoms with E-state index in [4.69, 9.17) is 4.74 Å². The molecule has 0 bridgehead atoms. The van der Waals surface area contributed by atoms with Crippen molar-refractivity contribution in [2.45, 2.75) is 33.1 Å². The normalized spacial score (nSPS) is 11.5. The molecule has 0 radical (unpaired) electrons. The molecule has 140 valence electrons. The quantitative estimate of drug-likeness (QED) is 0.560. The molecule has 2 aromatic carbocycles. The van der Waals surface area contributed by atoms with Crippen LogP contribution in [0.3, 0.4) is 0 Å². The molecule has 0 atom stereocenters. The van der Waals surface area contributed by atoms with Crippen molar-refractivity contribution in [2.24, 2.45) is 0 Å². The lowest BCUT2D eigenvalue weighted by Gasteiger charge is -2.25. The van der Waals surface area contributed by atoms with Crippen molar-refractivity contribution in [3.05, 3.63) is 77.2 Å². The molecule has 0 saturated carbocycles. The topological polar surface area (TPSA) is 31.2 Å². The van der Waals surface area contributed by atoms with Gasteiger partial charge < -0.3 is 9.30 Å². The molecule has 3 nitrogen and oxygen atoms in total. The summed E-state index contributed by atoms with van der Waals surface area (Å²) in [5, 5.41) is 0. The summed E-state index contributed by atoms with van der Waals surface area (Å²) in [6.07, 6.45) is 0. The minimum Gasteiger partial charge on any atom is -0.465 e. The molecule has 0 N–H and O–H groups in total. The number of para-hydroxylation sites is 1. The fourth-order valence-electron chi connectivity index (χ4n) is 3.40. The minimum absolute atomic E-state index is 0.0993. The number of carbonyl (C=O) groups is 1. The van der Waals surface area contributed by atoms with Crippen LogP contribution in [0.4, 0.5) is 4.39 Å². The number of halogens is 1. The second-order valence-electron chi connectivity index (χ2n) is 7.63. The Labute approximate surface area is 159 Å². The zero-order valence-electron chi connectivity index (χ0n) is 16.3. The first-order valence-electron chi connectivity index (χ1n) is 8.90. The Hall–Kier alpha value is -2.88. The monoisotopic (exact) mass is 365 g/mol. The van der Waals surface area contributed by atoms with E-state index >= 15 is 0 Å². The summed E-state index contributed by atoms with van der Waals surface area (Å²) >= 11 is 0. The maximum Gasteiger partial charge on any atom is 0.339 e. The number of nitrogens with zero attached hydrogens (tertiary/aromatic N) is 1. The van der Waals surface area contributed by atoms with Crippen molar-refractivity contribution in [3.63, 3.8) is 0 Å². The van der Waals surface area contributed by atoms with Crippen LogP contribution in [0.25, 0.3) is 16.9 Å². The molecular formula is C23H24FNO2. The van der Waals surface area contributed by atoms with E-state index < -0.39 is 5.97 Å². The summed E-state index contributed by atoms with van der Waals surface area (Å²) in [6, 6.07) is 16.3. The van der Waals surface area contributed by atoms with Crippen molar-refractivity contribution < 1.29 is 13.9 Å². The SMILES string of the molecule is COC(=O)c1cc(-c2cccc(F)c2)n(-c2ccccc2C(C)(C)C)c1C. The molecule has 1 aromatic heterocycles. The Balaban J connectivity index is 2.36. The molecule has 0 unspecified atom stereocenters. The van der Waals surface area contributed by atoms with Gasteiger partial charge >= 0.3 is 5.97 Å². The fourth-order valence-corrected chi connectivity index (χ4v) is 3.40. The number of carbonyl (C=O) groups excluding carboxylic acids is 1. The summed E-state index contributed by atoms with van der Waals surface area (Å²) in [5.41, 5.74) is 4.70. The van der Waals surface area contributed by atoms with Crippen molar-refractivity contribution in [1.29, 1.82) is 0 Å². The predicted molar refractivity (Wildman–Crippen MR) is 106 cm³/mol. The third-order valence-electron chi connectivity index (χ3n) is 4.73.